The molecule has 0 aromatic rings. The van der Waals surface area contributed by atoms with Gasteiger partial charge in [0.2, 0.25) is 11.8 Å². The summed E-state index contributed by atoms with van der Waals surface area (Å²) >= 11 is 0. The molecule has 3 N–H and O–H groups in total. The zero-order valence-electron chi connectivity index (χ0n) is 25.3. The standard InChI is InChI=1S/C26H38N2O16/c1-10(29)27-19-23(40-15(6)34)22(17(42-25(19)36)8-37-12(3)31)44-26-20(28-11(2)30)24(41-16(7)35)21(39-14(5)33)18(43-26)9-38-13(4)32/h17-26,36H,8-9H2,1-7H3,(H,27,29)(H,28,30)/t17?,18?,19-,20-,21+,22+,23+,24+,25+,26-/m0/s1. The maximum atomic E-state index is 12.3. The molecule has 10 atom stereocenters. The number of aliphatic hydroxyl groups is 1. The molecule has 0 bridgehead atoms. The van der Waals surface area contributed by atoms with E-state index in [1.165, 1.54) is 0 Å². The number of aliphatic hydroxyl groups excluding tert-OH is 1. The average Bonchev–Trinajstić information content (AvgIpc) is 2.87. The third-order valence-electron chi connectivity index (χ3n) is 6.15. The van der Waals surface area contributed by atoms with E-state index in [1.807, 2.05) is 0 Å². The molecule has 0 radical (unpaired) electrons. The Morgan fingerprint density at radius 1 is 0.568 bits per heavy atom. The zero-order valence-corrected chi connectivity index (χ0v) is 25.3. The van der Waals surface area contributed by atoms with Crippen LogP contribution < -0.4 is 10.6 Å². The van der Waals surface area contributed by atoms with E-state index >= 15 is 0 Å². The fourth-order valence-corrected chi connectivity index (χ4v) is 4.70. The van der Waals surface area contributed by atoms with Crippen molar-refractivity contribution in [2.24, 2.45) is 0 Å². The summed E-state index contributed by atoms with van der Waals surface area (Å²) in [5.74, 6) is -5.31. The second-order valence-electron chi connectivity index (χ2n) is 9.99. The van der Waals surface area contributed by atoms with E-state index in [4.69, 9.17) is 37.9 Å². The minimum atomic E-state index is -1.78. The largest absolute Gasteiger partial charge is 0.463 e. The predicted molar refractivity (Wildman–Crippen MR) is 140 cm³/mol. The number of carbonyl (C=O) groups is 7. The van der Waals surface area contributed by atoms with E-state index in [0.717, 1.165) is 48.5 Å². The van der Waals surface area contributed by atoms with Crippen LogP contribution in [-0.2, 0) is 71.5 Å². The second-order valence-corrected chi connectivity index (χ2v) is 9.99. The predicted octanol–water partition coefficient (Wildman–Crippen LogP) is -2.26. The Hall–Kier alpha value is -3.87. The smallest absolute Gasteiger partial charge is 0.303 e. The van der Waals surface area contributed by atoms with Crippen LogP contribution in [0, 0.1) is 0 Å². The summed E-state index contributed by atoms with van der Waals surface area (Å²) in [7, 11) is 0. The summed E-state index contributed by atoms with van der Waals surface area (Å²) in [4.78, 5) is 83.8. The lowest BCUT2D eigenvalue weighted by Crippen LogP contribution is -2.70. The maximum absolute atomic E-state index is 12.3. The van der Waals surface area contributed by atoms with Crippen LogP contribution >= 0.6 is 0 Å². The molecule has 18 heteroatoms. The minimum absolute atomic E-state index is 0.531. The minimum Gasteiger partial charge on any atom is -0.463 e. The molecule has 2 aliphatic rings. The van der Waals surface area contributed by atoms with Crippen molar-refractivity contribution in [2.75, 3.05) is 13.2 Å². The van der Waals surface area contributed by atoms with E-state index in [9.17, 15) is 38.7 Å². The normalized spacial score (nSPS) is 31.5. The number of ether oxygens (including phenoxy) is 8. The zero-order chi connectivity index (χ0) is 33.3. The van der Waals surface area contributed by atoms with Gasteiger partial charge in [0, 0.05) is 48.5 Å². The number of amides is 2. The Kier molecular flexibility index (Phi) is 13.4. The van der Waals surface area contributed by atoms with Gasteiger partial charge < -0.3 is 53.6 Å². The van der Waals surface area contributed by atoms with Crippen molar-refractivity contribution in [1.29, 1.82) is 0 Å². The molecule has 2 unspecified atom stereocenters. The van der Waals surface area contributed by atoms with Gasteiger partial charge in [0.1, 0.15) is 43.6 Å². The number of nitrogens with one attached hydrogen (secondary N) is 2. The Balaban J connectivity index is 2.66. The molecule has 2 rings (SSSR count). The Morgan fingerprint density at radius 3 is 1.41 bits per heavy atom. The van der Waals surface area contributed by atoms with Gasteiger partial charge >= 0.3 is 29.8 Å². The first-order chi connectivity index (χ1) is 20.5. The topological polar surface area (TPSA) is 238 Å². The van der Waals surface area contributed by atoms with Crippen LogP contribution in [0.3, 0.4) is 0 Å². The van der Waals surface area contributed by atoms with Crippen LogP contribution in [0.15, 0.2) is 0 Å². The van der Waals surface area contributed by atoms with Crippen molar-refractivity contribution in [1.82, 2.24) is 10.6 Å². The third-order valence-corrected chi connectivity index (χ3v) is 6.15. The van der Waals surface area contributed by atoms with Crippen molar-refractivity contribution < 1.29 is 76.6 Å². The molecule has 0 aromatic carbocycles. The molecule has 0 saturated carbocycles. The molecule has 2 amide bonds. The fourth-order valence-electron chi connectivity index (χ4n) is 4.70. The first-order valence-electron chi connectivity index (χ1n) is 13.5. The molecule has 44 heavy (non-hydrogen) atoms. The number of carbonyl (C=O) groups excluding carboxylic acids is 7. The lowest BCUT2D eigenvalue weighted by molar-refractivity contribution is -0.330. The summed E-state index contributed by atoms with van der Waals surface area (Å²) in [6.07, 6.45) is -12.1. The summed E-state index contributed by atoms with van der Waals surface area (Å²) in [5, 5.41) is 15.6. The molecule has 0 aromatic heterocycles. The molecule has 2 saturated heterocycles. The van der Waals surface area contributed by atoms with Gasteiger partial charge in [-0.3, -0.25) is 33.6 Å². The molecule has 2 fully saturated rings. The van der Waals surface area contributed by atoms with Gasteiger partial charge in [-0.2, -0.15) is 0 Å². The van der Waals surface area contributed by atoms with E-state index in [0.29, 0.717) is 0 Å². The number of esters is 5. The Labute approximate surface area is 252 Å². The van der Waals surface area contributed by atoms with Crippen LogP contribution in [-0.4, -0.2) is 121 Å². The second kappa shape index (κ2) is 16.3. The summed E-state index contributed by atoms with van der Waals surface area (Å²) in [6.45, 7) is 6.58. The van der Waals surface area contributed by atoms with Gasteiger partial charge in [-0.25, -0.2) is 0 Å². The summed E-state index contributed by atoms with van der Waals surface area (Å²) in [5.41, 5.74) is 0. The van der Waals surface area contributed by atoms with Gasteiger partial charge in [0.05, 0.1) is 0 Å². The first-order valence-corrected chi connectivity index (χ1v) is 13.5. The number of rotatable bonds is 11. The van der Waals surface area contributed by atoms with Crippen LogP contribution in [0.25, 0.3) is 0 Å². The van der Waals surface area contributed by atoms with Crippen LogP contribution in [0.1, 0.15) is 48.5 Å². The molecular formula is C26H38N2O16. The quantitative estimate of drug-likeness (QED) is 0.161. The molecule has 2 heterocycles. The van der Waals surface area contributed by atoms with Crippen molar-refractivity contribution in [2.45, 2.75) is 110 Å². The highest BCUT2D eigenvalue weighted by Crippen LogP contribution is 2.33. The van der Waals surface area contributed by atoms with Crippen LogP contribution in [0.5, 0.6) is 0 Å². The third kappa shape index (κ3) is 10.7. The van der Waals surface area contributed by atoms with Gasteiger partial charge in [0.25, 0.3) is 0 Å². The van der Waals surface area contributed by atoms with E-state index in [-0.39, 0.29) is 0 Å². The highest BCUT2D eigenvalue weighted by molar-refractivity contribution is 5.74. The number of hydrogen-bond donors (Lipinski definition) is 3. The molecule has 248 valence electrons. The Morgan fingerprint density at radius 2 is 0.977 bits per heavy atom. The van der Waals surface area contributed by atoms with Crippen molar-refractivity contribution in [3.63, 3.8) is 0 Å². The summed E-state index contributed by atoms with van der Waals surface area (Å²) in [6, 6.07) is -2.83. The van der Waals surface area contributed by atoms with Crippen LogP contribution in [0.4, 0.5) is 0 Å². The lowest BCUT2D eigenvalue weighted by atomic mass is 9.94. The van der Waals surface area contributed by atoms with Gasteiger partial charge in [-0.1, -0.05) is 0 Å². The maximum Gasteiger partial charge on any atom is 0.303 e. The van der Waals surface area contributed by atoms with Crippen molar-refractivity contribution in [3.05, 3.63) is 0 Å². The Bertz CT molecular complexity index is 1100. The van der Waals surface area contributed by atoms with Gasteiger partial charge in [0.15, 0.2) is 30.9 Å². The summed E-state index contributed by atoms with van der Waals surface area (Å²) < 4.78 is 44.2. The molecule has 0 aliphatic carbocycles. The molecule has 2 aliphatic heterocycles. The van der Waals surface area contributed by atoms with E-state index in [2.05, 4.69) is 10.6 Å². The SMILES string of the molecule is CC(=O)N[C@@H]1[C@H](O[C@@H]2C(COC(C)=O)O[C@@H](O)[C@@H](NC(C)=O)[C@H]2OC(C)=O)OC(COC(C)=O)[C@@H](OC(C)=O)[C@@H]1OC(C)=O. The van der Waals surface area contributed by atoms with Gasteiger partial charge in [-0.15, -0.1) is 0 Å². The molecule has 18 nitrogen and oxygen atoms in total. The number of hydrogen-bond acceptors (Lipinski definition) is 16. The highest BCUT2D eigenvalue weighted by atomic mass is 16.7. The lowest BCUT2D eigenvalue weighted by Gasteiger charge is -2.49. The first kappa shape index (κ1) is 36.3. The fraction of sp³-hybridized carbons (Fsp3) is 0.731. The van der Waals surface area contributed by atoms with Crippen molar-refractivity contribution >= 4 is 41.7 Å². The van der Waals surface area contributed by atoms with Crippen molar-refractivity contribution in [3.8, 4) is 0 Å². The van der Waals surface area contributed by atoms with Gasteiger partial charge in [-0.05, 0) is 0 Å². The average molecular weight is 635 g/mol. The van der Waals surface area contributed by atoms with E-state index < -0.39 is 116 Å². The van der Waals surface area contributed by atoms with Crippen LogP contribution in [0.2, 0.25) is 0 Å². The highest BCUT2D eigenvalue weighted by Gasteiger charge is 2.55. The monoisotopic (exact) mass is 634 g/mol. The molecule has 0 spiro atoms. The molecular weight excluding hydrogens is 596 g/mol. The van der Waals surface area contributed by atoms with E-state index in [1.54, 1.807) is 0 Å².